The maximum atomic E-state index is 11.2. The van der Waals surface area contributed by atoms with Crippen LogP contribution in [-0.2, 0) is 16.1 Å². The van der Waals surface area contributed by atoms with Gasteiger partial charge in [-0.15, -0.1) is 0 Å². The first kappa shape index (κ1) is 11.7. The van der Waals surface area contributed by atoms with Crippen LogP contribution in [0, 0.1) is 6.92 Å². The first-order chi connectivity index (χ1) is 7.22. The molecule has 0 saturated carbocycles. The zero-order valence-corrected chi connectivity index (χ0v) is 9.08. The third-order valence-corrected chi connectivity index (χ3v) is 1.69. The van der Waals surface area contributed by atoms with Crippen LogP contribution in [0.15, 0.2) is 10.6 Å². The van der Waals surface area contributed by atoms with Crippen molar-refractivity contribution in [2.24, 2.45) is 0 Å². The van der Waals surface area contributed by atoms with E-state index in [1.165, 1.54) is 0 Å². The Labute approximate surface area is 88.8 Å². The minimum absolute atomic E-state index is 0.0908. The summed E-state index contributed by atoms with van der Waals surface area (Å²) in [5.41, 5.74) is 0. The number of nitrogens with zero attached hydrogens (tertiary/aromatic N) is 1. The van der Waals surface area contributed by atoms with E-state index in [9.17, 15) is 4.79 Å². The number of nitrogens with one attached hydrogen (secondary N) is 1. The number of carbonyl (C=O) groups is 1. The molecule has 1 aromatic heterocycles. The topological polar surface area (TPSA) is 64.4 Å². The third kappa shape index (κ3) is 4.60. The Balaban J connectivity index is 2.16. The van der Waals surface area contributed by atoms with Gasteiger partial charge in [-0.2, -0.15) is 0 Å². The molecule has 5 heteroatoms. The van der Waals surface area contributed by atoms with Gasteiger partial charge in [0.25, 0.3) is 0 Å². The molecular weight excluding hydrogens is 196 g/mol. The molecule has 84 valence electrons. The minimum Gasteiger partial charge on any atom is -0.444 e. The van der Waals surface area contributed by atoms with Crippen LogP contribution in [0.25, 0.3) is 0 Å². The lowest BCUT2D eigenvalue weighted by molar-refractivity contribution is -0.125. The molecule has 0 fully saturated rings. The third-order valence-electron chi connectivity index (χ3n) is 1.69. The van der Waals surface area contributed by atoms with E-state index in [0.29, 0.717) is 19.0 Å². The lowest BCUT2D eigenvalue weighted by atomic mass is 10.5. The van der Waals surface area contributed by atoms with E-state index >= 15 is 0 Å². The molecule has 1 N–H and O–H groups in total. The van der Waals surface area contributed by atoms with Crippen LogP contribution in [0.3, 0.4) is 0 Å². The van der Waals surface area contributed by atoms with Crippen molar-refractivity contribution in [3.8, 4) is 0 Å². The summed E-state index contributed by atoms with van der Waals surface area (Å²) in [6.45, 7) is 4.80. The van der Waals surface area contributed by atoms with Crippen molar-refractivity contribution >= 4 is 5.91 Å². The maximum absolute atomic E-state index is 11.2. The number of amides is 1. The van der Waals surface area contributed by atoms with Crippen molar-refractivity contribution < 1.29 is 13.9 Å². The Morgan fingerprint density at radius 1 is 1.67 bits per heavy atom. The van der Waals surface area contributed by atoms with Gasteiger partial charge in [0.15, 0.2) is 0 Å². The fraction of sp³-hybridized carbons (Fsp3) is 0.600. The smallest absolute Gasteiger partial charge is 0.246 e. The van der Waals surface area contributed by atoms with Crippen LogP contribution in [0.2, 0.25) is 0 Å². The van der Waals surface area contributed by atoms with Crippen molar-refractivity contribution in [3.63, 3.8) is 0 Å². The average molecular weight is 212 g/mol. The fourth-order valence-corrected chi connectivity index (χ4v) is 1.02. The highest BCUT2D eigenvalue weighted by Gasteiger charge is 2.04. The molecule has 0 unspecified atom stereocenters. The number of rotatable bonds is 6. The second kappa shape index (κ2) is 6.19. The quantitative estimate of drug-likeness (QED) is 0.715. The second-order valence-corrected chi connectivity index (χ2v) is 3.19. The van der Waals surface area contributed by atoms with Crippen molar-refractivity contribution in [2.75, 3.05) is 13.2 Å². The Kier molecular flexibility index (Phi) is 4.83. The van der Waals surface area contributed by atoms with E-state index in [0.717, 1.165) is 12.2 Å². The number of aromatic nitrogens is 1. The van der Waals surface area contributed by atoms with E-state index in [2.05, 4.69) is 10.3 Å². The predicted molar refractivity (Wildman–Crippen MR) is 54.2 cm³/mol. The van der Waals surface area contributed by atoms with Gasteiger partial charge in [0, 0.05) is 6.61 Å². The molecule has 0 aromatic carbocycles. The molecule has 15 heavy (non-hydrogen) atoms. The van der Waals surface area contributed by atoms with E-state index in [-0.39, 0.29) is 12.5 Å². The standard InChI is InChI=1S/C10H16N2O3/c1-3-4-14-7-9(13)11-6-10-12-5-8(2)15-10/h5H,3-4,6-7H2,1-2H3,(H,11,13). The zero-order valence-electron chi connectivity index (χ0n) is 9.08. The van der Waals surface area contributed by atoms with Gasteiger partial charge >= 0.3 is 0 Å². The van der Waals surface area contributed by atoms with Crippen molar-refractivity contribution in [1.82, 2.24) is 10.3 Å². The van der Waals surface area contributed by atoms with E-state index in [1.54, 1.807) is 6.20 Å². The maximum Gasteiger partial charge on any atom is 0.246 e. The summed E-state index contributed by atoms with van der Waals surface area (Å²) in [5, 5.41) is 2.65. The highest BCUT2D eigenvalue weighted by atomic mass is 16.5. The van der Waals surface area contributed by atoms with Crippen molar-refractivity contribution in [3.05, 3.63) is 17.8 Å². The van der Waals surface area contributed by atoms with Crippen LogP contribution in [-0.4, -0.2) is 24.1 Å². The van der Waals surface area contributed by atoms with Crippen LogP contribution in [0.5, 0.6) is 0 Å². The molecule has 1 aromatic rings. The number of hydrogen-bond acceptors (Lipinski definition) is 4. The van der Waals surface area contributed by atoms with Gasteiger partial charge in [-0.3, -0.25) is 4.79 Å². The Hall–Kier alpha value is -1.36. The number of oxazole rings is 1. The number of aryl methyl sites for hydroxylation is 1. The van der Waals surface area contributed by atoms with Crippen LogP contribution in [0.1, 0.15) is 25.0 Å². The minimum atomic E-state index is -0.153. The molecule has 0 radical (unpaired) electrons. The van der Waals surface area contributed by atoms with Crippen LogP contribution < -0.4 is 5.32 Å². The SMILES string of the molecule is CCCOCC(=O)NCc1ncc(C)o1. The molecule has 0 bridgehead atoms. The summed E-state index contributed by atoms with van der Waals surface area (Å²) in [4.78, 5) is 15.2. The summed E-state index contributed by atoms with van der Waals surface area (Å²) < 4.78 is 10.3. The predicted octanol–water partition coefficient (Wildman–Crippen LogP) is 1.03. The lowest BCUT2D eigenvalue weighted by Crippen LogP contribution is -2.27. The highest BCUT2D eigenvalue weighted by molar-refractivity contribution is 5.76. The molecule has 1 heterocycles. The number of carbonyl (C=O) groups excluding carboxylic acids is 1. The highest BCUT2D eigenvalue weighted by Crippen LogP contribution is 2.00. The van der Waals surface area contributed by atoms with Gasteiger partial charge in [0.1, 0.15) is 12.4 Å². The number of hydrogen-bond donors (Lipinski definition) is 1. The van der Waals surface area contributed by atoms with Gasteiger partial charge in [-0.1, -0.05) is 6.92 Å². The molecule has 1 rings (SSSR count). The Morgan fingerprint density at radius 3 is 3.07 bits per heavy atom. The molecule has 1 amide bonds. The first-order valence-electron chi connectivity index (χ1n) is 4.98. The molecule has 0 aliphatic carbocycles. The summed E-state index contributed by atoms with van der Waals surface area (Å²) in [6, 6.07) is 0. The van der Waals surface area contributed by atoms with Crippen LogP contribution >= 0.6 is 0 Å². The van der Waals surface area contributed by atoms with Gasteiger partial charge in [0.2, 0.25) is 11.8 Å². The molecule has 0 aliphatic heterocycles. The largest absolute Gasteiger partial charge is 0.444 e. The molecule has 0 aliphatic rings. The normalized spacial score (nSPS) is 10.3. The monoisotopic (exact) mass is 212 g/mol. The summed E-state index contributed by atoms with van der Waals surface area (Å²) >= 11 is 0. The van der Waals surface area contributed by atoms with E-state index in [4.69, 9.17) is 9.15 Å². The molecule has 0 spiro atoms. The Morgan fingerprint density at radius 2 is 2.47 bits per heavy atom. The first-order valence-corrected chi connectivity index (χ1v) is 4.98. The second-order valence-electron chi connectivity index (χ2n) is 3.19. The zero-order chi connectivity index (χ0) is 11.1. The summed E-state index contributed by atoms with van der Waals surface area (Å²) in [5.74, 6) is 1.09. The fourth-order valence-electron chi connectivity index (χ4n) is 1.02. The van der Waals surface area contributed by atoms with E-state index < -0.39 is 0 Å². The lowest BCUT2D eigenvalue weighted by Gasteiger charge is -2.02. The van der Waals surface area contributed by atoms with Crippen molar-refractivity contribution in [2.45, 2.75) is 26.8 Å². The van der Waals surface area contributed by atoms with Gasteiger partial charge < -0.3 is 14.5 Å². The Bertz CT molecular complexity index is 309. The number of ether oxygens (including phenoxy) is 1. The average Bonchev–Trinajstić information content (AvgIpc) is 2.62. The van der Waals surface area contributed by atoms with Gasteiger partial charge in [-0.25, -0.2) is 4.98 Å². The van der Waals surface area contributed by atoms with Crippen molar-refractivity contribution in [1.29, 1.82) is 0 Å². The molecular formula is C10H16N2O3. The molecule has 0 saturated heterocycles. The molecule has 0 atom stereocenters. The summed E-state index contributed by atoms with van der Waals surface area (Å²) in [7, 11) is 0. The van der Waals surface area contributed by atoms with Crippen LogP contribution in [0.4, 0.5) is 0 Å². The van der Waals surface area contributed by atoms with Gasteiger partial charge in [-0.05, 0) is 13.3 Å². The van der Waals surface area contributed by atoms with E-state index in [1.807, 2.05) is 13.8 Å². The van der Waals surface area contributed by atoms with Gasteiger partial charge in [0.05, 0.1) is 12.7 Å². The summed E-state index contributed by atoms with van der Waals surface area (Å²) in [6.07, 6.45) is 2.53. The molecule has 5 nitrogen and oxygen atoms in total.